The van der Waals surface area contributed by atoms with Gasteiger partial charge in [-0.25, -0.2) is 0 Å². The predicted molar refractivity (Wildman–Crippen MR) is 88.2 cm³/mol. The molecule has 3 aromatic rings. The van der Waals surface area contributed by atoms with Crippen LogP contribution < -0.4 is 5.32 Å². The first kappa shape index (κ1) is 12.4. The molecule has 4 rings (SSSR count). The third kappa shape index (κ3) is 2.28. The van der Waals surface area contributed by atoms with E-state index in [0.717, 1.165) is 13.0 Å². The maximum Gasteiger partial charge on any atom is 0.0665 e. The fraction of sp³-hybridized carbons (Fsp3) is 0.158. The summed E-state index contributed by atoms with van der Waals surface area (Å²) >= 11 is 0. The van der Waals surface area contributed by atoms with Crippen LogP contribution >= 0.6 is 0 Å². The van der Waals surface area contributed by atoms with E-state index in [1.165, 1.54) is 27.7 Å². The van der Waals surface area contributed by atoms with Crippen LogP contribution in [0.4, 0.5) is 0 Å². The molecular formula is C19H18N2. The molecule has 0 fully saturated rings. The summed E-state index contributed by atoms with van der Waals surface area (Å²) in [6.07, 6.45) is 5.54. The SMILES string of the molecule is C(=C\C1NCCc2c1[nH]c1ccccc21)/c1ccccc1. The molecule has 2 N–H and O–H groups in total. The lowest BCUT2D eigenvalue weighted by Gasteiger charge is -2.21. The second-order valence-corrected chi connectivity index (χ2v) is 5.51. The van der Waals surface area contributed by atoms with Crippen molar-refractivity contribution in [1.29, 1.82) is 0 Å². The van der Waals surface area contributed by atoms with Crippen LogP contribution in [0.1, 0.15) is 22.9 Å². The summed E-state index contributed by atoms with van der Waals surface area (Å²) in [4.78, 5) is 3.59. The standard InChI is InChI=1S/C19H18N2/c1-2-6-14(7-3-1)10-11-18-19-16(12-13-20-18)15-8-4-5-9-17(15)21-19/h1-11,18,20-21H,12-13H2/b11-10+. The van der Waals surface area contributed by atoms with E-state index in [9.17, 15) is 0 Å². The highest BCUT2D eigenvalue weighted by Gasteiger charge is 2.21. The third-order valence-electron chi connectivity index (χ3n) is 4.18. The highest BCUT2D eigenvalue weighted by molar-refractivity contribution is 5.85. The topological polar surface area (TPSA) is 27.8 Å². The van der Waals surface area contributed by atoms with E-state index in [2.05, 4.69) is 71.0 Å². The molecule has 104 valence electrons. The quantitative estimate of drug-likeness (QED) is 0.724. The van der Waals surface area contributed by atoms with Gasteiger partial charge in [0.15, 0.2) is 0 Å². The largest absolute Gasteiger partial charge is 0.357 e. The maximum absolute atomic E-state index is 3.59. The molecule has 2 aromatic carbocycles. The van der Waals surface area contributed by atoms with Gasteiger partial charge < -0.3 is 10.3 Å². The molecule has 1 unspecified atom stereocenters. The van der Waals surface area contributed by atoms with Gasteiger partial charge >= 0.3 is 0 Å². The summed E-state index contributed by atoms with van der Waals surface area (Å²) in [6.45, 7) is 1.03. The molecule has 0 radical (unpaired) electrons. The van der Waals surface area contributed by atoms with Gasteiger partial charge in [0.25, 0.3) is 0 Å². The smallest absolute Gasteiger partial charge is 0.0665 e. The van der Waals surface area contributed by atoms with Crippen molar-refractivity contribution in [2.24, 2.45) is 0 Å². The number of hydrogen-bond acceptors (Lipinski definition) is 1. The minimum atomic E-state index is 0.265. The Balaban J connectivity index is 1.72. The summed E-state index contributed by atoms with van der Waals surface area (Å²) in [5, 5.41) is 4.96. The molecule has 2 heteroatoms. The van der Waals surface area contributed by atoms with Gasteiger partial charge in [-0.1, -0.05) is 60.7 Å². The molecule has 0 bridgehead atoms. The zero-order valence-electron chi connectivity index (χ0n) is 11.8. The number of hydrogen-bond donors (Lipinski definition) is 2. The van der Waals surface area contributed by atoms with Gasteiger partial charge in [0.2, 0.25) is 0 Å². The fourth-order valence-corrected chi connectivity index (χ4v) is 3.15. The summed E-state index contributed by atoms with van der Waals surface area (Å²) in [7, 11) is 0. The van der Waals surface area contributed by atoms with Crippen molar-refractivity contribution >= 4 is 17.0 Å². The van der Waals surface area contributed by atoms with Crippen LogP contribution in [0, 0.1) is 0 Å². The summed E-state index contributed by atoms with van der Waals surface area (Å²) in [6, 6.07) is 19.3. The number of nitrogens with one attached hydrogen (secondary N) is 2. The minimum Gasteiger partial charge on any atom is -0.357 e. The van der Waals surface area contributed by atoms with E-state index >= 15 is 0 Å². The average molecular weight is 274 g/mol. The molecule has 0 spiro atoms. The van der Waals surface area contributed by atoms with Crippen molar-refractivity contribution in [1.82, 2.24) is 10.3 Å². The third-order valence-corrected chi connectivity index (χ3v) is 4.18. The molecule has 2 nitrogen and oxygen atoms in total. The van der Waals surface area contributed by atoms with E-state index in [1.54, 1.807) is 0 Å². The molecule has 0 saturated carbocycles. The Labute approximate surface area is 124 Å². The second-order valence-electron chi connectivity index (χ2n) is 5.51. The normalized spacial score (nSPS) is 18.2. The number of fused-ring (bicyclic) bond motifs is 3. The number of H-pyrrole nitrogens is 1. The number of benzene rings is 2. The zero-order chi connectivity index (χ0) is 14.1. The summed E-state index contributed by atoms with van der Waals surface area (Å²) in [5.41, 5.74) is 5.26. The van der Waals surface area contributed by atoms with Crippen molar-refractivity contribution < 1.29 is 0 Å². The van der Waals surface area contributed by atoms with Crippen molar-refractivity contribution in [3.8, 4) is 0 Å². The van der Waals surface area contributed by atoms with Gasteiger partial charge in [0.1, 0.15) is 0 Å². The fourth-order valence-electron chi connectivity index (χ4n) is 3.15. The van der Waals surface area contributed by atoms with Crippen LogP contribution in [-0.2, 0) is 6.42 Å². The Morgan fingerprint density at radius 3 is 2.67 bits per heavy atom. The Kier molecular flexibility index (Phi) is 3.09. The summed E-state index contributed by atoms with van der Waals surface area (Å²) < 4.78 is 0. The first-order chi connectivity index (χ1) is 10.4. The lowest BCUT2D eigenvalue weighted by atomic mass is 9.98. The number of aromatic amines is 1. The number of aromatic nitrogens is 1. The first-order valence-electron chi connectivity index (χ1n) is 7.48. The van der Waals surface area contributed by atoms with Crippen LogP contribution in [0.25, 0.3) is 17.0 Å². The Morgan fingerprint density at radius 2 is 1.76 bits per heavy atom. The molecule has 0 amide bonds. The lowest BCUT2D eigenvalue weighted by Crippen LogP contribution is -2.28. The molecule has 2 heterocycles. The van der Waals surface area contributed by atoms with E-state index in [-0.39, 0.29) is 6.04 Å². The van der Waals surface area contributed by atoms with Gasteiger partial charge in [-0.15, -0.1) is 0 Å². The van der Waals surface area contributed by atoms with Gasteiger partial charge in [0, 0.05) is 23.1 Å². The number of para-hydroxylation sites is 1. The molecular weight excluding hydrogens is 256 g/mol. The Morgan fingerprint density at radius 1 is 0.952 bits per heavy atom. The molecule has 0 aliphatic carbocycles. The van der Waals surface area contributed by atoms with Crippen LogP contribution in [0.2, 0.25) is 0 Å². The van der Waals surface area contributed by atoms with Crippen LogP contribution in [-0.4, -0.2) is 11.5 Å². The number of rotatable bonds is 2. The maximum atomic E-state index is 3.59. The van der Waals surface area contributed by atoms with Crippen molar-refractivity contribution in [3.63, 3.8) is 0 Å². The predicted octanol–water partition coefficient (Wildman–Crippen LogP) is 4.07. The van der Waals surface area contributed by atoms with E-state index in [1.807, 2.05) is 6.07 Å². The first-order valence-corrected chi connectivity index (χ1v) is 7.48. The van der Waals surface area contributed by atoms with E-state index in [4.69, 9.17) is 0 Å². The monoisotopic (exact) mass is 274 g/mol. The highest BCUT2D eigenvalue weighted by Crippen LogP contribution is 2.30. The lowest BCUT2D eigenvalue weighted by molar-refractivity contribution is 0.575. The van der Waals surface area contributed by atoms with Crippen molar-refractivity contribution in [2.75, 3.05) is 6.54 Å². The summed E-state index contributed by atoms with van der Waals surface area (Å²) in [5.74, 6) is 0. The molecule has 1 atom stereocenters. The highest BCUT2D eigenvalue weighted by atomic mass is 15.0. The molecule has 1 aliphatic rings. The molecule has 21 heavy (non-hydrogen) atoms. The second kappa shape index (κ2) is 5.23. The van der Waals surface area contributed by atoms with Crippen molar-refractivity contribution in [2.45, 2.75) is 12.5 Å². The van der Waals surface area contributed by atoms with Crippen LogP contribution in [0.5, 0.6) is 0 Å². The van der Waals surface area contributed by atoms with Crippen molar-refractivity contribution in [3.05, 3.63) is 77.5 Å². The Hall–Kier alpha value is -2.32. The minimum absolute atomic E-state index is 0.265. The van der Waals surface area contributed by atoms with Gasteiger partial charge in [-0.3, -0.25) is 0 Å². The van der Waals surface area contributed by atoms with Gasteiger partial charge in [-0.2, -0.15) is 0 Å². The van der Waals surface area contributed by atoms with Gasteiger partial charge in [-0.05, 0) is 23.6 Å². The average Bonchev–Trinajstić information content (AvgIpc) is 2.93. The van der Waals surface area contributed by atoms with E-state index in [0.29, 0.717) is 0 Å². The Bertz CT molecular complexity index is 784. The van der Waals surface area contributed by atoms with Gasteiger partial charge in [0.05, 0.1) is 6.04 Å². The van der Waals surface area contributed by atoms with Crippen LogP contribution in [0.3, 0.4) is 0 Å². The van der Waals surface area contributed by atoms with Crippen LogP contribution in [0.15, 0.2) is 60.7 Å². The molecule has 0 saturated heterocycles. The molecule has 1 aromatic heterocycles. The van der Waals surface area contributed by atoms with E-state index < -0.39 is 0 Å². The molecule has 1 aliphatic heterocycles. The zero-order valence-corrected chi connectivity index (χ0v) is 11.8.